The fourth-order valence-electron chi connectivity index (χ4n) is 2.29. The minimum atomic E-state index is -0.0738. The van der Waals surface area contributed by atoms with Crippen LogP contribution in [0.2, 0.25) is 0 Å². The molecule has 2 heterocycles. The van der Waals surface area contributed by atoms with E-state index in [1.54, 1.807) is 16.2 Å². The molecule has 0 saturated carbocycles. The largest absolute Gasteiger partial charge is 0.340 e. The van der Waals surface area contributed by atoms with Gasteiger partial charge in [0.2, 0.25) is 0 Å². The zero-order valence-corrected chi connectivity index (χ0v) is 14.9. The molecule has 1 amide bonds. The van der Waals surface area contributed by atoms with Gasteiger partial charge >= 0.3 is 0 Å². The Bertz CT molecular complexity index is 592. The molecule has 0 bridgehead atoms. The number of hydrogen-bond donors (Lipinski definition) is 1. The molecule has 4 nitrogen and oxygen atoms in total. The first-order chi connectivity index (χ1) is 9.93. The number of amides is 1. The second kappa shape index (κ2) is 7.81. The molecule has 2 N–H and O–H groups in total. The highest BCUT2D eigenvalue weighted by Gasteiger charge is 2.23. The van der Waals surface area contributed by atoms with E-state index < -0.39 is 0 Å². The number of halogens is 1. The molecule has 2 aromatic heterocycles. The first-order valence-electron chi connectivity index (χ1n) is 7.06. The van der Waals surface area contributed by atoms with Gasteiger partial charge in [0.25, 0.3) is 5.91 Å². The van der Waals surface area contributed by atoms with Crippen LogP contribution in [0.1, 0.15) is 29.2 Å². The van der Waals surface area contributed by atoms with Crippen LogP contribution in [0.15, 0.2) is 35.8 Å². The number of rotatable bonds is 6. The van der Waals surface area contributed by atoms with Gasteiger partial charge in [-0.15, -0.1) is 23.7 Å². The Morgan fingerprint density at radius 1 is 1.36 bits per heavy atom. The minimum absolute atomic E-state index is 0. The molecule has 6 heteroatoms. The maximum Gasteiger partial charge on any atom is 0.270 e. The zero-order chi connectivity index (χ0) is 15.5. The Morgan fingerprint density at radius 2 is 2.09 bits per heavy atom. The van der Waals surface area contributed by atoms with Crippen molar-refractivity contribution < 1.29 is 4.79 Å². The molecule has 0 fully saturated rings. The number of aromatic nitrogens is 1. The van der Waals surface area contributed by atoms with Gasteiger partial charge in [0.15, 0.2) is 0 Å². The normalized spacial score (nSPS) is 11.1. The number of nitrogens with zero attached hydrogens (tertiary/aromatic N) is 2. The third-order valence-corrected chi connectivity index (χ3v) is 4.38. The molecule has 0 radical (unpaired) electrons. The summed E-state index contributed by atoms with van der Waals surface area (Å²) in [5, 5.41) is 2.05. The molecule has 0 unspecified atom stereocenters. The lowest BCUT2D eigenvalue weighted by Gasteiger charge is -2.29. The standard InChI is InChI=1S/C16H23N3OS.ClH/c1-16(2,11-17)12-18(3)15(20)14-7-4-8-19(14)10-13-6-5-9-21-13;/h4-9H,10-12,17H2,1-3H3;1H. The molecule has 0 aliphatic heterocycles. The van der Waals surface area contributed by atoms with Crippen LogP contribution in [0, 0.1) is 5.41 Å². The lowest BCUT2D eigenvalue weighted by atomic mass is 9.93. The van der Waals surface area contributed by atoms with Crippen LogP contribution in [0.4, 0.5) is 0 Å². The van der Waals surface area contributed by atoms with Gasteiger partial charge in [0, 0.05) is 24.7 Å². The van der Waals surface area contributed by atoms with Crippen LogP contribution in [0.5, 0.6) is 0 Å². The Kier molecular flexibility index (Phi) is 6.66. The minimum Gasteiger partial charge on any atom is -0.340 e. The van der Waals surface area contributed by atoms with Crippen molar-refractivity contribution >= 4 is 29.7 Å². The van der Waals surface area contributed by atoms with Crippen molar-refractivity contribution in [1.29, 1.82) is 0 Å². The second-order valence-corrected chi connectivity index (χ2v) is 7.16. The summed E-state index contributed by atoms with van der Waals surface area (Å²) in [6, 6.07) is 7.91. The molecule has 2 aromatic rings. The number of hydrogen-bond acceptors (Lipinski definition) is 3. The summed E-state index contributed by atoms with van der Waals surface area (Å²) in [4.78, 5) is 15.6. The third-order valence-electron chi connectivity index (χ3n) is 3.52. The average molecular weight is 342 g/mol. The van der Waals surface area contributed by atoms with Gasteiger partial charge in [-0.3, -0.25) is 4.79 Å². The van der Waals surface area contributed by atoms with Gasteiger partial charge in [-0.05, 0) is 35.5 Å². The van der Waals surface area contributed by atoms with Crippen molar-refractivity contribution in [1.82, 2.24) is 9.47 Å². The van der Waals surface area contributed by atoms with Crippen molar-refractivity contribution in [2.75, 3.05) is 20.1 Å². The third kappa shape index (κ3) is 4.60. The van der Waals surface area contributed by atoms with Gasteiger partial charge in [-0.1, -0.05) is 19.9 Å². The SMILES string of the molecule is CN(CC(C)(C)CN)C(=O)c1cccn1Cc1cccs1.Cl. The smallest absolute Gasteiger partial charge is 0.270 e. The van der Waals surface area contributed by atoms with Crippen molar-refractivity contribution in [2.45, 2.75) is 20.4 Å². The van der Waals surface area contributed by atoms with E-state index in [-0.39, 0.29) is 23.7 Å². The van der Waals surface area contributed by atoms with E-state index in [1.165, 1.54) is 4.88 Å². The van der Waals surface area contributed by atoms with E-state index in [2.05, 4.69) is 25.3 Å². The molecule has 0 atom stereocenters. The monoisotopic (exact) mass is 341 g/mol. The van der Waals surface area contributed by atoms with Crippen LogP contribution in [0.3, 0.4) is 0 Å². The summed E-state index contributed by atoms with van der Waals surface area (Å²) in [6.07, 6.45) is 1.95. The van der Waals surface area contributed by atoms with E-state index >= 15 is 0 Å². The quantitative estimate of drug-likeness (QED) is 0.877. The lowest BCUT2D eigenvalue weighted by molar-refractivity contribution is 0.0730. The topological polar surface area (TPSA) is 51.3 Å². The fourth-order valence-corrected chi connectivity index (χ4v) is 2.99. The Hall–Kier alpha value is -1.30. The molecular weight excluding hydrogens is 318 g/mol. The Balaban J connectivity index is 0.00000242. The first kappa shape index (κ1) is 18.7. The van der Waals surface area contributed by atoms with Gasteiger partial charge < -0.3 is 15.2 Å². The summed E-state index contributed by atoms with van der Waals surface area (Å²) in [5.41, 5.74) is 6.40. The number of carbonyl (C=O) groups excluding carboxylic acids is 1. The predicted molar refractivity (Wildman–Crippen MR) is 94.9 cm³/mol. The zero-order valence-electron chi connectivity index (χ0n) is 13.3. The first-order valence-corrected chi connectivity index (χ1v) is 7.94. The van der Waals surface area contributed by atoms with Crippen LogP contribution >= 0.6 is 23.7 Å². The number of thiophene rings is 1. The molecule has 22 heavy (non-hydrogen) atoms. The van der Waals surface area contributed by atoms with Crippen LogP contribution in [-0.4, -0.2) is 35.5 Å². The fraction of sp³-hybridized carbons (Fsp3) is 0.438. The van der Waals surface area contributed by atoms with Crippen molar-refractivity contribution in [3.63, 3.8) is 0 Å². The molecule has 0 aliphatic rings. The number of nitrogens with two attached hydrogens (primary N) is 1. The highest BCUT2D eigenvalue weighted by molar-refractivity contribution is 7.09. The van der Waals surface area contributed by atoms with Crippen molar-refractivity contribution in [3.05, 3.63) is 46.4 Å². The molecule has 0 saturated heterocycles. The molecule has 2 rings (SSSR count). The van der Waals surface area contributed by atoms with E-state index in [0.717, 1.165) is 12.2 Å². The lowest BCUT2D eigenvalue weighted by Crippen LogP contribution is -2.40. The maximum absolute atomic E-state index is 12.6. The summed E-state index contributed by atoms with van der Waals surface area (Å²) >= 11 is 1.70. The van der Waals surface area contributed by atoms with E-state index in [4.69, 9.17) is 5.73 Å². The highest BCUT2D eigenvalue weighted by atomic mass is 35.5. The van der Waals surface area contributed by atoms with Crippen LogP contribution in [0.25, 0.3) is 0 Å². The highest BCUT2D eigenvalue weighted by Crippen LogP contribution is 2.17. The second-order valence-electron chi connectivity index (χ2n) is 6.13. The summed E-state index contributed by atoms with van der Waals surface area (Å²) in [5.74, 6) is 0.0399. The summed E-state index contributed by atoms with van der Waals surface area (Å²) in [7, 11) is 1.84. The van der Waals surface area contributed by atoms with Crippen LogP contribution < -0.4 is 5.73 Å². The van der Waals surface area contributed by atoms with Crippen molar-refractivity contribution in [2.24, 2.45) is 11.1 Å². The average Bonchev–Trinajstić information content (AvgIpc) is 3.09. The van der Waals surface area contributed by atoms with Gasteiger partial charge in [0.05, 0.1) is 6.54 Å². The molecular formula is C16H24ClN3OS. The molecule has 0 aliphatic carbocycles. The molecule has 0 aromatic carbocycles. The van der Waals surface area contributed by atoms with Gasteiger partial charge in [-0.2, -0.15) is 0 Å². The van der Waals surface area contributed by atoms with E-state index in [1.807, 2.05) is 36.0 Å². The van der Waals surface area contributed by atoms with E-state index in [0.29, 0.717) is 13.1 Å². The van der Waals surface area contributed by atoms with Crippen LogP contribution in [-0.2, 0) is 6.54 Å². The van der Waals surface area contributed by atoms with Gasteiger partial charge in [0.1, 0.15) is 5.69 Å². The molecule has 122 valence electrons. The van der Waals surface area contributed by atoms with Gasteiger partial charge in [-0.25, -0.2) is 0 Å². The predicted octanol–water partition coefficient (Wildman–Crippen LogP) is 3.08. The Morgan fingerprint density at radius 3 is 2.68 bits per heavy atom. The maximum atomic E-state index is 12.6. The van der Waals surface area contributed by atoms with Crippen molar-refractivity contribution in [3.8, 4) is 0 Å². The Labute approximate surface area is 142 Å². The summed E-state index contributed by atoms with van der Waals surface area (Å²) in [6.45, 7) is 6.08. The summed E-state index contributed by atoms with van der Waals surface area (Å²) < 4.78 is 2.00. The van der Waals surface area contributed by atoms with E-state index in [9.17, 15) is 4.79 Å². The molecule has 0 spiro atoms. The number of carbonyl (C=O) groups is 1.